The third kappa shape index (κ3) is 3.59. The van der Waals surface area contributed by atoms with Crippen LogP contribution < -0.4 is 0 Å². The van der Waals surface area contributed by atoms with E-state index < -0.39 is 12.0 Å². The molecule has 1 rings (SSSR count). The number of Topliss-reactive ketones (excluding diaryl/α,β-unsaturated/α-hetero) is 1. The lowest BCUT2D eigenvalue weighted by molar-refractivity contribution is -0.0886. The molecule has 0 saturated heterocycles. The quantitative estimate of drug-likeness (QED) is 0.573. The standard InChI is InChI=1S/C13H19F3N2O2/c1-4-9-11(12(19)13(14,15)16)10(5-2)18(17-9)7-6-8-20-3/h4-8H2,1-3H3. The first-order valence-electron chi connectivity index (χ1n) is 6.55. The molecule has 0 spiro atoms. The minimum absolute atomic E-state index is 0.210. The predicted molar refractivity (Wildman–Crippen MR) is 67.9 cm³/mol. The van der Waals surface area contributed by atoms with Gasteiger partial charge in [-0.15, -0.1) is 0 Å². The van der Waals surface area contributed by atoms with Gasteiger partial charge in [0.05, 0.1) is 11.3 Å². The number of rotatable bonds is 7. The van der Waals surface area contributed by atoms with Crippen LogP contribution in [0.5, 0.6) is 0 Å². The zero-order valence-electron chi connectivity index (χ0n) is 11.9. The Balaban J connectivity index is 3.18. The highest BCUT2D eigenvalue weighted by Crippen LogP contribution is 2.27. The van der Waals surface area contributed by atoms with Gasteiger partial charge in [0, 0.05) is 26.0 Å². The number of carbonyl (C=O) groups is 1. The number of ether oxygens (including phenoxy) is 1. The van der Waals surface area contributed by atoms with Gasteiger partial charge in [0.15, 0.2) is 0 Å². The van der Waals surface area contributed by atoms with Crippen LogP contribution in [0.2, 0.25) is 0 Å². The molecular weight excluding hydrogens is 273 g/mol. The van der Waals surface area contributed by atoms with E-state index in [0.717, 1.165) is 0 Å². The van der Waals surface area contributed by atoms with Gasteiger partial charge in [-0.2, -0.15) is 18.3 Å². The van der Waals surface area contributed by atoms with E-state index in [4.69, 9.17) is 4.74 Å². The summed E-state index contributed by atoms with van der Waals surface area (Å²) in [5.41, 5.74) is 0.279. The molecule has 20 heavy (non-hydrogen) atoms. The van der Waals surface area contributed by atoms with Crippen molar-refractivity contribution in [1.82, 2.24) is 9.78 Å². The van der Waals surface area contributed by atoms with Crippen LogP contribution in [0.4, 0.5) is 13.2 Å². The molecule has 0 bridgehead atoms. The van der Waals surface area contributed by atoms with Gasteiger partial charge in [-0.05, 0) is 19.3 Å². The molecule has 0 fully saturated rings. The zero-order chi connectivity index (χ0) is 15.3. The minimum atomic E-state index is -4.87. The minimum Gasteiger partial charge on any atom is -0.385 e. The summed E-state index contributed by atoms with van der Waals surface area (Å²) in [6.45, 7) is 4.34. The summed E-state index contributed by atoms with van der Waals surface area (Å²) in [4.78, 5) is 11.6. The van der Waals surface area contributed by atoms with Crippen LogP contribution in [0, 0.1) is 0 Å². The van der Waals surface area contributed by atoms with Gasteiger partial charge in [-0.1, -0.05) is 13.8 Å². The average Bonchev–Trinajstić information content (AvgIpc) is 2.74. The van der Waals surface area contributed by atoms with E-state index in [1.807, 2.05) is 0 Å². The molecule has 0 aromatic carbocycles. The second-order valence-corrected chi connectivity index (χ2v) is 4.37. The number of nitrogens with zero attached hydrogens (tertiary/aromatic N) is 2. The Morgan fingerprint density at radius 3 is 2.40 bits per heavy atom. The van der Waals surface area contributed by atoms with E-state index in [1.54, 1.807) is 21.0 Å². The van der Waals surface area contributed by atoms with Crippen molar-refractivity contribution in [2.24, 2.45) is 0 Å². The predicted octanol–water partition coefficient (Wildman–Crippen LogP) is 2.79. The molecule has 114 valence electrons. The third-order valence-electron chi connectivity index (χ3n) is 3.00. The molecule has 0 aliphatic rings. The highest BCUT2D eigenvalue weighted by molar-refractivity contribution is 6.02. The van der Waals surface area contributed by atoms with Crippen molar-refractivity contribution < 1.29 is 22.7 Å². The monoisotopic (exact) mass is 292 g/mol. The molecule has 1 heterocycles. The van der Waals surface area contributed by atoms with Crippen molar-refractivity contribution in [3.05, 3.63) is 17.0 Å². The lowest BCUT2D eigenvalue weighted by atomic mass is 10.0. The fourth-order valence-corrected chi connectivity index (χ4v) is 2.11. The Morgan fingerprint density at radius 2 is 1.95 bits per heavy atom. The van der Waals surface area contributed by atoms with Gasteiger partial charge in [-0.25, -0.2) is 0 Å². The van der Waals surface area contributed by atoms with E-state index in [0.29, 0.717) is 38.1 Å². The first-order valence-corrected chi connectivity index (χ1v) is 6.55. The smallest absolute Gasteiger partial charge is 0.385 e. The van der Waals surface area contributed by atoms with Crippen molar-refractivity contribution >= 4 is 5.78 Å². The summed E-state index contributed by atoms with van der Waals surface area (Å²) in [5.74, 6) is -1.80. The van der Waals surface area contributed by atoms with Gasteiger partial charge in [0.2, 0.25) is 0 Å². The summed E-state index contributed by atoms with van der Waals surface area (Å²) in [6, 6.07) is 0. The zero-order valence-corrected chi connectivity index (χ0v) is 11.9. The number of hydrogen-bond acceptors (Lipinski definition) is 3. The number of ketones is 1. The Labute approximate surface area is 115 Å². The SMILES string of the molecule is CCc1nn(CCCOC)c(CC)c1C(=O)C(F)(F)F. The van der Waals surface area contributed by atoms with Crippen LogP contribution in [0.25, 0.3) is 0 Å². The van der Waals surface area contributed by atoms with E-state index in [-0.39, 0.29) is 11.3 Å². The number of aromatic nitrogens is 2. The largest absolute Gasteiger partial charge is 0.455 e. The highest BCUT2D eigenvalue weighted by Gasteiger charge is 2.42. The normalized spacial score (nSPS) is 11.9. The maximum Gasteiger partial charge on any atom is 0.455 e. The summed E-state index contributed by atoms with van der Waals surface area (Å²) < 4.78 is 44.4. The summed E-state index contributed by atoms with van der Waals surface area (Å²) >= 11 is 0. The first-order chi connectivity index (χ1) is 9.36. The Morgan fingerprint density at radius 1 is 1.30 bits per heavy atom. The Hall–Kier alpha value is -1.37. The van der Waals surface area contributed by atoms with Crippen molar-refractivity contribution in [1.29, 1.82) is 0 Å². The van der Waals surface area contributed by atoms with E-state index in [2.05, 4.69) is 5.10 Å². The number of carbonyl (C=O) groups excluding carboxylic acids is 1. The van der Waals surface area contributed by atoms with Gasteiger partial charge < -0.3 is 4.74 Å². The van der Waals surface area contributed by atoms with Gasteiger partial charge in [-0.3, -0.25) is 9.48 Å². The number of halogens is 3. The molecule has 0 saturated carbocycles. The molecule has 0 N–H and O–H groups in total. The molecule has 0 amide bonds. The van der Waals surface area contributed by atoms with Crippen LogP contribution in [0.1, 0.15) is 42.0 Å². The number of hydrogen-bond donors (Lipinski definition) is 0. The van der Waals surface area contributed by atoms with Crippen molar-refractivity contribution in [3.63, 3.8) is 0 Å². The topological polar surface area (TPSA) is 44.1 Å². The molecule has 4 nitrogen and oxygen atoms in total. The second-order valence-electron chi connectivity index (χ2n) is 4.37. The summed E-state index contributed by atoms with van der Waals surface area (Å²) in [5, 5.41) is 4.15. The molecule has 1 aromatic rings. The fraction of sp³-hybridized carbons (Fsp3) is 0.692. The molecule has 0 atom stereocenters. The van der Waals surface area contributed by atoms with Crippen molar-refractivity contribution in [3.8, 4) is 0 Å². The van der Waals surface area contributed by atoms with Crippen LogP contribution in [0.15, 0.2) is 0 Å². The van der Waals surface area contributed by atoms with E-state index >= 15 is 0 Å². The molecule has 1 aromatic heterocycles. The van der Waals surface area contributed by atoms with Crippen LogP contribution >= 0.6 is 0 Å². The molecular formula is C13H19F3N2O2. The third-order valence-corrected chi connectivity index (χ3v) is 3.00. The molecule has 0 aliphatic heterocycles. The lowest BCUT2D eigenvalue weighted by Crippen LogP contribution is -2.25. The first kappa shape index (κ1) is 16.7. The van der Waals surface area contributed by atoms with Crippen molar-refractivity contribution in [2.75, 3.05) is 13.7 Å². The highest BCUT2D eigenvalue weighted by atomic mass is 19.4. The van der Waals surface area contributed by atoms with Crippen LogP contribution in [-0.2, 0) is 24.1 Å². The van der Waals surface area contributed by atoms with E-state index in [9.17, 15) is 18.0 Å². The van der Waals surface area contributed by atoms with E-state index in [1.165, 1.54) is 4.68 Å². The Bertz CT molecular complexity index is 467. The Kier molecular flexibility index (Phi) is 5.74. The fourth-order valence-electron chi connectivity index (χ4n) is 2.11. The average molecular weight is 292 g/mol. The summed E-state index contributed by atoms with van der Waals surface area (Å²) in [6.07, 6.45) is -3.61. The second kappa shape index (κ2) is 6.88. The van der Waals surface area contributed by atoms with Crippen LogP contribution in [0.3, 0.4) is 0 Å². The number of alkyl halides is 3. The maximum atomic E-state index is 12.7. The number of methoxy groups -OCH3 is 1. The van der Waals surface area contributed by atoms with Crippen LogP contribution in [-0.4, -0.2) is 35.5 Å². The maximum absolute atomic E-state index is 12.7. The molecule has 0 aliphatic carbocycles. The molecule has 0 unspecified atom stereocenters. The van der Waals surface area contributed by atoms with Crippen molar-refractivity contribution in [2.45, 2.75) is 45.8 Å². The molecule has 0 radical (unpaired) electrons. The van der Waals surface area contributed by atoms with Gasteiger partial charge in [0.25, 0.3) is 5.78 Å². The lowest BCUT2D eigenvalue weighted by Gasteiger charge is -2.09. The molecule has 7 heteroatoms. The summed E-state index contributed by atoms with van der Waals surface area (Å²) in [7, 11) is 1.56. The number of aryl methyl sites for hydroxylation is 2. The van der Waals surface area contributed by atoms with Gasteiger partial charge in [0.1, 0.15) is 0 Å². The van der Waals surface area contributed by atoms with Gasteiger partial charge >= 0.3 is 6.18 Å².